The van der Waals surface area contributed by atoms with E-state index in [1.54, 1.807) is 28.0 Å². The summed E-state index contributed by atoms with van der Waals surface area (Å²) in [7, 11) is 1.85. The molecule has 2 N–H and O–H groups in total. The van der Waals surface area contributed by atoms with Crippen LogP contribution in [-0.4, -0.2) is 35.4 Å². The average Bonchev–Trinajstić information content (AvgIpc) is 2.81. The van der Waals surface area contributed by atoms with E-state index in [1.165, 1.54) is 5.56 Å². The molecule has 1 unspecified atom stereocenters. The highest BCUT2D eigenvalue weighted by Crippen LogP contribution is 2.10. The number of carbonyl (C=O) groups excluding carboxylic acids is 1. The molecule has 1 amide bonds. The van der Waals surface area contributed by atoms with Gasteiger partial charge < -0.3 is 10.6 Å². The minimum atomic E-state index is 0.171. The Morgan fingerprint density at radius 2 is 2.41 bits per heavy atom. The number of hydrogen-bond donors (Lipinski definition) is 1. The summed E-state index contributed by atoms with van der Waals surface area (Å²) in [6.07, 6.45) is 0.964. The zero-order chi connectivity index (χ0) is 12.7. The van der Waals surface area contributed by atoms with Crippen LogP contribution in [0.15, 0.2) is 16.8 Å². The molecule has 17 heavy (non-hydrogen) atoms. The molecular weight excluding hydrogens is 252 g/mol. The predicted molar refractivity (Wildman–Crippen MR) is 76.4 cm³/mol. The lowest BCUT2D eigenvalue weighted by molar-refractivity contribution is -0.127. The van der Waals surface area contributed by atoms with Crippen LogP contribution in [0.3, 0.4) is 0 Å². The maximum Gasteiger partial charge on any atom is 0.232 e. The summed E-state index contributed by atoms with van der Waals surface area (Å²) in [5.41, 5.74) is 7.00. The summed E-state index contributed by atoms with van der Waals surface area (Å²) in [4.78, 5) is 13.6. The van der Waals surface area contributed by atoms with Crippen LogP contribution in [0.1, 0.15) is 18.9 Å². The number of amides is 1. The fourth-order valence-corrected chi connectivity index (χ4v) is 2.98. The maximum atomic E-state index is 11.8. The largest absolute Gasteiger partial charge is 0.341 e. The second-order valence-electron chi connectivity index (χ2n) is 4.06. The Morgan fingerprint density at radius 3 is 3.00 bits per heavy atom. The highest BCUT2D eigenvalue weighted by Gasteiger charge is 2.10. The van der Waals surface area contributed by atoms with Crippen LogP contribution in [0.4, 0.5) is 0 Å². The van der Waals surface area contributed by atoms with Crippen molar-refractivity contribution in [3.63, 3.8) is 0 Å². The Bertz CT molecular complexity index is 327. The van der Waals surface area contributed by atoms with Gasteiger partial charge in [0, 0.05) is 25.4 Å². The lowest BCUT2D eigenvalue weighted by Crippen LogP contribution is -2.29. The van der Waals surface area contributed by atoms with E-state index >= 15 is 0 Å². The Kier molecular flexibility index (Phi) is 6.62. The van der Waals surface area contributed by atoms with Crippen LogP contribution >= 0.6 is 23.1 Å². The summed E-state index contributed by atoms with van der Waals surface area (Å²) in [6, 6.07) is 2.25. The summed E-state index contributed by atoms with van der Waals surface area (Å²) < 4.78 is 0. The molecule has 3 nitrogen and oxygen atoms in total. The van der Waals surface area contributed by atoms with Crippen molar-refractivity contribution >= 4 is 29.0 Å². The normalized spacial score (nSPS) is 12.4. The third kappa shape index (κ3) is 5.57. The minimum absolute atomic E-state index is 0.171. The number of carbonyl (C=O) groups is 1. The van der Waals surface area contributed by atoms with Crippen LogP contribution in [0.25, 0.3) is 0 Å². The van der Waals surface area contributed by atoms with Crippen molar-refractivity contribution < 1.29 is 4.79 Å². The molecule has 0 spiro atoms. The maximum absolute atomic E-state index is 11.8. The van der Waals surface area contributed by atoms with E-state index in [4.69, 9.17) is 5.73 Å². The molecule has 0 aliphatic heterocycles. The molecular formula is C12H20N2OS2. The quantitative estimate of drug-likeness (QED) is 0.827. The van der Waals surface area contributed by atoms with E-state index in [-0.39, 0.29) is 11.9 Å². The third-order valence-electron chi connectivity index (χ3n) is 2.51. The summed E-state index contributed by atoms with van der Waals surface area (Å²) in [5, 5.41) is 4.10. The van der Waals surface area contributed by atoms with Gasteiger partial charge in [-0.3, -0.25) is 4.79 Å². The van der Waals surface area contributed by atoms with Crippen molar-refractivity contribution in [2.45, 2.75) is 25.9 Å². The van der Waals surface area contributed by atoms with E-state index < -0.39 is 0 Å². The molecule has 0 saturated carbocycles. The van der Waals surface area contributed by atoms with Crippen molar-refractivity contribution in [3.05, 3.63) is 22.4 Å². The lowest BCUT2D eigenvalue weighted by atomic mass is 10.3. The Morgan fingerprint density at radius 1 is 1.65 bits per heavy atom. The van der Waals surface area contributed by atoms with Crippen LogP contribution in [0.5, 0.6) is 0 Å². The van der Waals surface area contributed by atoms with Gasteiger partial charge >= 0.3 is 0 Å². The molecule has 5 heteroatoms. The first kappa shape index (κ1) is 14.5. The fourth-order valence-electron chi connectivity index (χ4n) is 1.27. The zero-order valence-electron chi connectivity index (χ0n) is 10.4. The van der Waals surface area contributed by atoms with E-state index in [0.29, 0.717) is 12.3 Å². The smallest absolute Gasteiger partial charge is 0.232 e. The van der Waals surface area contributed by atoms with Crippen molar-refractivity contribution in [2.24, 2.45) is 5.73 Å². The first-order valence-corrected chi connectivity index (χ1v) is 7.81. The number of thioether (sulfide) groups is 1. The Labute approximate surface area is 111 Å². The molecule has 0 aliphatic carbocycles. The Hall–Kier alpha value is -0.520. The lowest BCUT2D eigenvalue weighted by Gasteiger charge is -2.16. The SMILES string of the molecule is CCC(N)CSCC(=O)N(C)Cc1ccsc1. The number of rotatable bonds is 7. The van der Waals surface area contributed by atoms with Crippen LogP contribution < -0.4 is 5.73 Å². The highest BCUT2D eigenvalue weighted by molar-refractivity contribution is 7.99. The van der Waals surface area contributed by atoms with Gasteiger partial charge in [0.2, 0.25) is 5.91 Å². The van der Waals surface area contributed by atoms with E-state index in [0.717, 1.165) is 12.2 Å². The number of thiophene rings is 1. The van der Waals surface area contributed by atoms with Crippen molar-refractivity contribution in [1.29, 1.82) is 0 Å². The standard InChI is InChI=1S/C12H20N2OS2/c1-3-11(13)8-17-9-12(15)14(2)6-10-4-5-16-7-10/h4-5,7,11H,3,6,8-9,13H2,1-2H3. The van der Waals surface area contributed by atoms with Gasteiger partial charge in [0.05, 0.1) is 5.75 Å². The highest BCUT2D eigenvalue weighted by atomic mass is 32.2. The number of nitrogens with two attached hydrogens (primary N) is 1. The van der Waals surface area contributed by atoms with E-state index in [1.807, 2.05) is 12.4 Å². The molecule has 1 aromatic heterocycles. The monoisotopic (exact) mass is 272 g/mol. The van der Waals surface area contributed by atoms with Crippen molar-refractivity contribution in [3.8, 4) is 0 Å². The first-order valence-electron chi connectivity index (χ1n) is 5.71. The second-order valence-corrected chi connectivity index (χ2v) is 5.88. The molecule has 0 radical (unpaired) electrons. The zero-order valence-corrected chi connectivity index (χ0v) is 12.0. The summed E-state index contributed by atoms with van der Waals surface area (Å²) in [6.45, 7) is 2.76. The van der Waals surface area contributed by atoms with E-state index in [9.17, 15) is 4.79 Å². The molecule has 96 valence electrons. The van der Waals surface area contributed by atoms with Gasteiger partial charge in [0.1, 0.15) is 0 Å². The summed E-state index contributed by atoms with van der Waals surface area (Å²) in [5.74, 6) is 1.55. The third-order valence-corrected chi connectivity index (χ3v) is 4.35. The van der Waals surface area contributed by atoms with Crippen LogP contribution in [0.2, 0.25) is 0 Å². The van der Waals surface area contributed by atoms with Gasteiger partial charge in [0.25, 0.3) is 0 Å². The molecule has 1 heterocycles. The fraction of sp³-hybridized carbons (Fsp3) is 0.583. The second kappa shape index (κ2) is 7.74. The van der Waals surface area contributed by atoms with Crippen molar-refractivity contribution in [1.82, 2.24) is 4.90 Å². The number of hydrogen-bond acceptors (Lipinski definition) is 4. The summed E-state index contributed by atoms with van der Waals surface area (Å²) >= 11 is 3.28. The molecule has 1 aromatic rings. The number of nitrogens with zero attached hydrogens (tertiary/aromatic N) is 1. The predicted octanol–water partition coefficient (Wildman–Crippen LogP) is 2.18. The average molecular weight is 272 g/mol. The molecule has 0 bridgehead atoms. The first-order chi connectivity index (χ1) is 8.13. The van der Waals surface area contributed by atoms with Crippen molar-refractivity contribution in [2.75, 3.05) is 18.6 Å². The molecule has 0 aliphatic rings. The Balaban J connectivity index is 2.23. The van der Waals surface area contributed by atoms with Crippen LogP contribution in [0, 0.1) is 0 Å². The van der Waals surface area contributed by atoms with Gasteiger partial charge in [-0.15, -0.1) is 0 Å². The molecule has 0 saturated heterocycles. The van der Waals surface area contributed by atoms with Gasteiger partial charge in [0.15, 0.2) is 0 Å². The van der Waals surface area contributed by atoms with Gasteiger partial charge in [-0.1, -0.05) is 6.92 Å². The van der Waals surface area contributed by atoms with Crippen LogP contribution in [-0.2, 0) is 11.3 Å². The minimum Gasteiger partial charge on any atom is -0.341 e. The molecule has 0 fully saturated rings. The van der Waals surface area contributed by atoms with E-state index in [2.05, 4.69) is 18.4 Å². The van der Waals surface area contributed by atoms with Gasteiger partial charge in [-0.25, -0.2) is 0 Å². The topological polar surface area (TPSA) is 46.3 Å². The van der Waals surface area contributed by atoms with Gasteiger partial charge in [-0.05, 0) is 28.8 Å². The molecule has 0 aromatic carbocycles. The van der Waals surface area contributed by atoms with Gasteiger partial charge in [-0.2, -0.15) is 23.1 Å². The molecule has 1 rings (SSSR count). The molecule has 1 atom stereocenters.